The van der Waals surface area contributed by atoms with Crippen LogP contribution >= 0.6 is 0 Å². The molecule has 1 aliphatic rings. The van der Waals surface area contributed by atoms with Gasteiger partial charge < -0.3 is 20.5 Å². The molecule has 20 heavy (non-hydrogen) atoms. The maximum absolute atomic E-state index is 11.3. The molecule has 5 heteroatoms. The number of carbonyl (C=O) groups excluding carboxylic acids is 1. The Morgan fingerprint density at radius 1 is 1.35 bits per heavy atom. The lowest BCUT2D eigenvalue weighted by Gasteiger charge is -2.30. The highest BCUT2D eigenvalue weighted by molar-refractivity contribution is 5.75. The molecule has 0 fully saturated rings. The van der Waals surface area contributed by atoms with Crippen LogP contribution in [-0.2, 0) is 10.3 Å². The Hall–Kier alpha value is -1.75. The number of amides is 1. The lowest BCUT2D eigenvalue weighted by molar-refractivity contribution is -0.119. The van der Waals surface area contributed by atoms with Gasteiger partial charge in [-0.3, -0.25) is 4.79 Å². The number of benzene rings is 1. The van der Waals surface area contributed by atoms with E-state index in [1.807, 2.05) is 32.0 Å². The predicted octanol–water partition coefficient (Wildman–Crippen LogP) is 1.55. The molecule has 0 saturated carbocycles. The molecule has 110 valence electrons. The maximum Gasteiger partial charge on any atom is 0.219 e. The molecular formula is C15H22N2O3. The van der Waals surface area contributed by atoms with Crippen molar-refractivity contribution in [3.8, 4) is 11.5 Å². The SMILES string of the molecule is CCNC(C)(CC(N)=O)c1ccc2c(c1)OCCCO2. The molecule has 0 aliphatic carbocycles. The first-order valence-electron chi connectivity index (χ1n) is 6.98. The number of fused-ring (bicyclic) bond motifs is 1. The Bertz CT molecular complexity index is 490. The molecule has 0 spiro atoms. The molecule has 1 aromatic rings. The second kappa shape index (κ2) is 6.13. The van der Waals surface area contributed by atoms with E-state index in [-0.39, 0.29) is 12.3 Å². The quantitative estimate of drug-likeness (QED) is 0.857. The lowest BCUT2D eigenvalue weighted by atomic mass is 9.88. The summed E-state index contributed by atoms with van der Waals surface area (Å²) in [6.45, 7) is 6.03. The van der Waals surface area contributed by atoms with Crippen LogP contribution in [0.5, 0.6) is 11.5 Å². The lowest BCUT2D eigenvalue weighted by Crippen LogP contribution is -2.42. The van der Waals surface area contributed by atoms with Crippen molar-refractivity contribution >= 4 is 5.91 Å². The van der Waals surface area contributed by atoms with Gasteiger partial charge in [-0.25, -0.2) is 0 Å². The average Bonchev–Trinajstić information content (AvgIpc) is 2.62. The largest absolute Gasteiger partial charge is 0.490 e. The van der Waals surface area contributed by atoms with E-state index in [1.54, 1.807) is 0 Å². The average molecular weight is 278 g/mol. The second-order valence-electron chi connectivity index (χ2n) is 5.22. The van der Waals surface area contributed by atoms with Gasteiger partial charge in [-0.15, -0.1) is 0 Å². The first kappa shape index (κ1) is 14.7. The van der Waals surface area contributed by atoms with Gasteiger partial charge in [-0.2, -0.15) is 0 Å². The third-order valence-electron chi connectivity index (χ3n) is 3.48. The van der Waals surface area contributed by atoms with Crippen LogP contribution in [-0.4, -0.2) is 25.7 Å². The molecule has 0 radical (unpaired) electrons. The zero-order valence-electron chi connectivity index (χ0n) is 12.1. The second-order valence-corrected chi connectivity index (χ2v) is 5.22. The van der Waals surface area contributed by atoms with Gasteiger partial charge >= 0.3 is 0 Å². The topological polar surface area (TPSA) is 73.6 Å². The van der Waals surface area contributed by atoms with Gasteiger partial charge in [-0.1, -0.05) is 13.0 Å². The van der Waals surface area contributed by atoms with Crippen molar-refractivity contribution < 1.29 is 14.3 Å². The summed E-state index contributed by atoms with van der Waals surface area (Å²) in [6, 6.07) is 5.79. The Morgan fingerprint density at radius 3 is 2.70 bits per heavy atom. The molecule has 5 nitrogen and oxygen atoms in total. The monoisotopic (exact) mass is 278 g/mol. The summed E-state index contributed by atoms with van der Waals surface area (Å²) >= 11 is 0. The number of ether oxygens (including phenoxy) is 2. The summed E-state index contributed by atoms with van der Waals surface area (Å²) in [4.78, 5) is 11.3. The normalized spacial score (nSPS) is 17.1. The molecule has 3 N–H and O–H groups in total. The van der Waals surface area contributed by atoms with E-state index in [0.717, 1.165) is 30.0 Å². The van der Waals surface area contributed by atoms with Crippen LogP contribution < -0.4 is 20.5 Å². The maximum atomic E-state index is 11.3. The number of hydrogen-bond donors (Lipinski definition) is 2. The van der Waals surface area contributed by atoms with Crippen LogP contribution in [0.2, 0.25) is 0 Å². The number of rotatable bonds is 5. The van der Waals surface area contributed by atoms with Gasteiger partial charge in [0.25, 0.3) is 0 Å². The molecular weight excluding hydrogens is 256 g/mol. The molecule has 1 amide bonds. The molecule has 1 unspecified atom stereocenters. The standard InChI is InChI=1S/C15H22N2O3/c1-3-17-15(2,10-14(16)18)11-5-6-12-13(9-11)20-8-4-7-19-12/h5-6,9,17H,3-4,7-8,10H2,1-2H3,(H2,16,18). The highest BCUT2D eigenvalue weighted by Gasteiger charge is 2.29. The highest BCUT2D eigenvalue weighted by atomic mass is 16.5. The molecule has 0 bridgehead atoms. The van der Waals surface area contributed by atoms with E-state index in [4.69, 9.17) is 15.2 Å². The van der Waals surface area contributed by atoms with Crippen molar-refractivity contribution in [2.45, 2.75) is 32.2 Å². The third kappa shape index (κ3) is 3.22. The molecule has 1 aromatic carbocycles. The van der Waals surface area contributed by atoms with E-state index in [1.165, 1.54) is 0 Å². The first-order chi connectivity index (χ1) is 9.55. The van der Waals surface area contributed by atoms with Crippen LogP contribution in [0.1, 0.15) is 32.3 Å². The number of nitrogens with two attached hydrogens (primary N) is 1. The first-order valence-corrected chi connectivity index (χ1v) is 6.98. The molecule has 0 saturated heterocycles. The van der Waals surface area contributed by atoms with Crippen molar-refractivity contribution in [2.24, 2.45) is 5.73 Å². The number of primary amides is 1. The van der Waals surface area contributed by atoms with Gasteiger partial charge in [0, 0.05) is 18.4 Å². The minimum atomic E-state index is -0.495. The number of carbonyl (C=O) groups is 1. The van der Waals surface area contributed by atoms with Crippen LogP contribution in [0, 0.1) is 0 Å². The summed E-state index contributed by atoms with van der Waals surface area (Å²) in [5.41, 5.74) is 5.85. The summed E-state index contributed by atoms with van der Waals surface area (Å²) in [6.07, 6.45) is 1.11. The van der Waals surface area contributed by atoms with Gasteiger partial charge in [0.1, 0.15) is 0 Å². The molecule has 2 rings (SSSR count). The van der Waals surface area contributed by atoms with Crippen LogP contribution in [0.3, 0.4) is 0 Å². The smallest absolute Gasteiger partial charge is 0.219 e. The Balaban J connectivity index is 2.33. The highest BCUT2D eigenvalue weighted by Crippen LogP contribution is 2.35. The number of hydrogen-bond acceptors (Lipinski definition) is 4. The van der Waals surface area contributed by atoms with E-state index in [0.29, 0.717) is 13.2 Å². The minimum absolute atomic E-state index is 0.237. The molecule has 0 aromatic heterocycles. The van der Waals surface area contributed by atoms with E-state index >= 15 is 0 Å². The fraction of sp³-hybridized carbons (Fsp3) is 0.533. The van der Waals surface area contributed by atoms with Crippen LogP contribution in [0.25, 0.3) is 0 Å². The fourth-order valence-electron chi connectivity index (χ4n) is 2.51. The van der Waals surface area contributed by atoms with Gasteiger partial charge in [0.15, 0.2) is 11.5 Å². The van der Waals surface area contributed by atoms with Gasteiger partial charge in [-0.05, 0) is 31.2 Å². The van der Waals surface area contributed by atoms with Crippen molar-refractivity contribution in [3.05, 3.63) is 23.8 Å². The Kier molecular flexibility index (Phi) is 4.49. The van der Waals surface area contributed by atoms with Crippen LogP contribution in [0.4, 0.5) is 0 Å². The van der Waals surface area contributed by atoms with E-state index in [9.17, 15) is 4.79 Å². The van der Waals surface area contributed by atoms with Crippen molar-refractivity contribution in [1.82, 2.24) is 5.32 Å². The van der Waals surface area contributed by atoms with Gasteiger partial charge in [0.05, 0.1) is 13.2 Å². The summed E-state index contributed by atoms with van der Waals surface area (Å²) in [5.74, 6) is 1.15. The Labute approximate surface area is 119 Å². The van der Waals surface area contributed by atoms with Crippen molar-refractivity contribution in [1.29, 1.82) is 0 Å². The zero-order valence-corrected chi connectivity index (χ0v) is 12.1. The predicted molar refractivity (Wildman–Crippen MR) is 76.9 cm³/mol. The fourth-order valence-corrected chi connectivity index (χ4v) is 2.51. The summed E-state index contributed by atoms with van der Waals surface area (Å²) in [7, 11) is 0. The van der Waals surface area contributed by atoms with Crippen LogP contribution in [0.15, 0.2) is 18.2 Å². The number of nitrogens with one attached hydrogen (secondary N) is 1. The van der Waals surface area contributed by atoms with E-state index < -0.39 is 5.54 Å². The summed E-state index contributed by atoms with van der Waals surface area (Å²) in [5, 5.41) is 3.33. The van der Waals surface area contributed by atoms with Crippen molar-refractivity contribution in [3.63, 3.8) is 0 Å². The molecule has 1 atom stereocenters. The van der Waals surface area contributed by atoms with Gasteiger partial charge in [0.2, 0.25) is 5.91 Å². The Morgan fingerprint density at radius 2 is 2.05 bits per heavy atom. The molecule has 1 aliphatic heterocycles. The zero-order chi connectivity index (χ0) is 14.6. The molecule has 1 heterocycles. The van der Waals surface area contributed by atoms with E-state index in [2.05, 4.69) is 5.32 Å². The minimum Gasteiger partial charge on any atom is -0.490 e. The summed E-state index contributed by atoms with van der Waals surface area (Å²) < 4.78 is 11.3. The third-order valence-corrected chi connectivity index (χ3v) is 3.48. The van der Waals surface area contributed by atoms with Crippen molar-refractivity contribution in [2.75, 3.05) is 19.8 Å².